The Morgan fingerprint density at radius 3 is 2.69 bits per heavy atom. The predicted octanol–water partition coefficient (Wildman–Crippen LogP) is 4.05. The first-order valence-electron chi connectivity index (χ1n) is 8.09. The Kier molecular flexibility index (Phi) is 5.15. The fourth-order valence-corrected chi connectivity index (χ4v) is 4.34. The van der Waals surface area contributed by atoms with E-state index in [2.05, 4.69) is 0 Å². The topological polar surface area (TPSA) is 45.9 Å². The number of morpholine rings is 1. The summed E-state index contributed by atoms with van der Waals surface area (Å²) in [5, 5.41) is 4.11. The number of benzene rings is 1. The molecule has 5 nitrogen and oxygen atoms in total. The smallest absolute Gasteiger partial charge is 0.281 e. The maximum atomic E-state index is 12.8. The Hall–Kier alpha value is -1.64. The number of carbonyl (C=O) groups is 1. The number of carbonyl (C=O) groups excluding carboxylic acids is 1. The molecule has 2 saturated heterocycles. The van der Waals surface area contributed by atoms with E-state index >= 15 is 0 Å². The second kappa shape index (κ2) is 7.54. The summed E-state index contributed by atoms with van der Waals surface area (Å²) in [7, 11) is 0. The predicted molar refractivity (Wildman–Crippen MR) is 107 cm³/mol. The van der Waals surface area contributed by atoms with Crippen molar-refractivity contribution in [2.24, 2.45) is 0 Å². The molecule has 8 heteroatoms. The minimum Gasteiger partial charge on any atom is -0.457 e. The molecule has 134 valence electrons. The molecule has 0 bridgehead atoms. The van der Waals surface area contributed by atoms with Crippen molar-refractivity contribution in [3.8, 4) is 11.3 Å². The summed E-state index contributed by atoms with van der Waals surface area (Å²) in [5.41, 5.74) is 0.815. The largest absolute Gasteiger partial charge is 0.457 e. The lowest BCUT2D eigenvalue weighted by molar-refractivity contribution is -0.138. The highest BCUT2D eigenvalue weighted by Crippen LogP contribution is 2.35. The summed E-state index contributed by atoms with van der Waals surface area (Å²) in [5.74, 6) is 1.12. The number of furan rings is 1. The van der Waals surface area contributed by atoms with E-state index in [0.29, 0.717) is 52.1 Å². The van der Waals surface area contributed by atoms with Crippen molar-refractivity contribution in [3.05, 3.63) is 52.1 Å². The molecule has 0 spiro atoms. The summed E-state index contributed by atoms with van der Waals surface area (Å²) in [6.07, 6.45) is 1.72. The van der Waals surface area contributed by atoms with Gasteiger partial charge in [0.25, 0.3) is 5.91 Å². The third-order valence-corrected chi connectivity index (χ3v) is 5.70. The van der Waals surface area contributed by atoms with Crippen molar-refractivity contribution >= 4 is 51.9 Å². The van der Waals surface area contributed by atoms with Crippen LogP contribution < -0.4 is 0 Å². The van der Waals surface area contributed by atoms with E-state index < -0.39 is 0 Å². The number of ether oxygens (including phenoxy) is 1. The minimum atomic E-state index is -0.127. The zero-order chi connectivity index (χ0) is 18.1. The van der Waals surface area contributed by atoms with Gasteiger partial charge in [-0.2, -0.15) is 0 Å². The lowest BCUT2D eigenvalue weighted by Crippen LogP contribution is -2.50. The van der Waals surface area contributed by atoms with Gasteiger partial charge in [-0.05, 0) is 24.3 Å². The number of rotatable bonds is 3. The van der Waals surface area contributed by atoms with Crippen molar-refractivity contribution < 1.29 is 13.9 Å². The van der Waals surface area contributed by atoms with Crippen LogP contribution in [0.5, 0.6) is 0 Å². The number of hydrogen-bond acceptors (Lipinski definition) is 6. The van der Waals surface area contributed by atoms with Crippen LogP contribution in [0.2, 0.25) is 5.02 Å². The van der Waals surface area contributed by atoms with Crippen molar-refractivity contribution in [2.45, 2.75) is 0 Å². The standard InChI is InChI=1S/C18H15ClN2O3S2/c19-14-4-2-1-3-13(14)15-6-5-12(24-15)11-16-17(22)21(18(25)26-16)20-7-9-23-10-8-20/h1-6,11H,7-10H2/b16-11-. The van der Waals surface area contributed by atoms with Gasteiger partial charge < -0.3 is 9.15 Å². The monoisotopic (exact) mass is 406 g/mol. The fraction of sp³-hybridized carbons (Fsp3) is 0.222. The van der Waals surface area contributed by atoms with Crippen LogP contribution in [0, 0.1) is 0 Å². The Bertz CT molecular complexity index is 890. The molecule has 0 atom stereocenters. The highest BCUT2D eigenvalue weighted by atomic mass is 35.5. The number of nitrogens with zero attached hydrogens (tertiary/aromatic N) is 2. The molecule has 0 N–H and O–H groups in total. The van der Waals surface area contributed by atoms with Crippen molar-refractivity contribution in [2.75, 3.05) is 26.3 Å². The van der Waals surface area contributed by atoms with E-state index in [1.54, 1.807) is 11.1 Å². The van der Waals surface area contributed by atoms with Gasteiger partial charge in [-0.1, -0.05) is 47.7 Å². The molecule has 26 heavy (non-hydrogen) atoms. The maximum absolute atomic E-state index is 12.8. The Labute approximate surface area is 165 Å². The molecule has 0 unspecified atom stereocenters. The number of thioether (sulfide) groups is 1. The van der Waals surface area contributed by atoms with Crippen molar-refractivity contribution in [1.82, 2.24) is 10.0 Å². The van der Waals surface area contributed by atoms with Crippen LogP contribution in [0.1, 0.15) is 5.76 Å². The van der Waals surface area contributed by atoms with Crippen molar-refractivity contribution in [1.29, 1.82) is 0 Å². The van der Waals surface area contributed by atoms with Crippen LogP contribution in [0.25, 0.3) is 17.4 Å². The van der Waals surface area contributed by atoms with Crippen LogP contribution in [-0.2, 0) is 9.53 Å². The molecule has 4 rings (SSSR count). The first-order chi connectivity index (χ1) is 12.6. The first kappa shape index (κ1) is 17.8. The molecule has 2 aliphatic rings. The maximum Gasteiger partial charge on any atom is 0.281 e. The zero-order valence-electron chi connectivity index (χ0n) is 13.7. The fourth-order valence-electron chi connectivity index (χ4n) is 2.82. The highest BCUT2D eigenvalue weighted by molar-refractivity contribution is 8.26. The van der Waals surface area contributed by atoms with E-state index in [0.717, 1.165) is 5.56 Å². The zero-order valence-corrected chi connectivity index (χ0v) is 16.1. The van der Waals surface area contributed by atoms with Crippen LogP contribution in [0.3, 0.4) is 0 Å². The second-order valence-electron chi connectivity index (χ2n) is 5.74. The van der Waals surface area contributed by atoms with Gasteiger partial charge in [0.2, 0.25) is 0 Å². The van der Waals surface area contributed by atoms with Gasteiger partial charge in [-0.15, -0.1) is 0 Å². The van der Waals surface area contributed by atoms with Crippen LogP contribution in [-0.4, -0.2) is 46.5 Å². The molecule has 0 radical (unpaired) electrons. The molecule has 2 fully saturated rings. The summed E-state index contributed by atoms with van der Waals surface area (Å²) in [6.45, 7) is 2.49. The molecule has 3 heterocycles. The molecule has 0 aliphatic carbocycles. The number of amides is 1. The second-order valence-corrected chi connectivity index (χ2v) is 7.82. The molecular formula is C18H15ClN2O3S2. The third-order valence-electron chi connectivity index (χ3n) is 4.08. The first-order valence-corrected chi connectivity index (χ1v) is 9.69. The normalized spacial score (nSPS) is 20.3. The molecule has 2 aromatic rings. The van der Waals surface area contributed by atoms with E-state index in [4.69, 9.17) is 33.0 Å². The van der Waals surface area contributed by atoms with Gasteiger partial charge in [0.1, 0.15) is 11.5 Å². The molecule has 1 aromatic carbocycles. The van der Waals surface area contributed by atoms with Gasteiger partial charge in [0.05, 0.1) is 23.1 Å². The lowest BCUT2D eigenvalue weighted by Gasteiger charge is -2.33. The van der Waals surface area contributed by atoms with Crippen LogP contribution >= 0.6 is 35.6 Å². The van der Waals surface area contributed by atoms with Gasteiger partial charge in [0, 0.05) is 24.7 Å². The van der Waals surface area contributed by atoms with Gasteiger partial charge in [-0.25, -0.2) is 10.0 Å². The SMILES string of the molecule is O=C1/C(=C/c2ccc(-c3ccccc3Cl)o2)SC(=S)N1N1CCOCC1. The van der Waals surface area contributed by atoms with E-state index in [1.165, 1.54) is 11.8 Å². The summed E-state index contributed by atoms with van der Waals surface area (Å²) in [4.78, 5) is 13.3. The number of hydrogen-bond donors (Lipinski definition) is 0. The van der Waals surface area contributed by atoms with Gasteiger partial charge in [-0.3, -0.25) is 4.79 Å². The van der Waals surface area contributed by atoms with Crippen LogP contribution in [0.15, 0.2) is 45.7 Å². The third kappa shape index (κ3) is 3.45. The quantitative estimate of drug-likeness (QED) is 0.566. The molecule has 0 saturated carbocycles. The van der Waals surface area contributed by atoms with E-state index in [-0.39, 0.29) is 5.91 Å². The number of thiocarbonyl (C=S) groups is 1. The number of halogens is 1. The molecule has 1 aromatic heterocycles. The molecular weight excluding hydrogens is 392 g/mol. The molecule has 2 aliphatic heterocycles. The summed E-state index contributed by atoms with van der Waals surface area (Å²) in [6, 6.07) is 11.1. The van der Waals surface area contributed by atoms with Gasteiger partial charge in [0.15, 0.2) is 4.32 Å². The average molecular weight is 407 g/mol. The van der Waals surface area contributed by atoms with E-state index in [9.17, 15) is 4.79 Å². The number of hydrazine groups is 1. The molecule has 1 amide bonds. The van der Waals surface area contributed by atoms with Gasteiger partial charge >= 0.3 is 0 Å². The van der Waals surface area contributed by atoms with Crippen molar-refractivity contribution in [3.63, 3.8) is 0 Å². The van der Waals surface area contributed by atoms with Crippen LogP contribution in [0.4, 0.5) is 0 Å². The Morgan fingerprint density at radius 1 is 1.15 bits per heavy atom. The Balaban J connectivity index is 1.56. The average Bonchev–Trinajstić information content (AvgIpc) is 3.21. The lowest BCUT2D eigenvalue weighted by atomic mass is 10.2. The summed E-state index contributed by atoms with van der Waals surface area (Å²) < 4.78 is 11.7. The Morgan fingerprint density at radius 2 is 1.92 bits per heavy atom. The highest BCUT2D eigenvalue weighted by Gasteiger charge is 2.37. The minimum absolute atomic E-state index is 0.127. The summed E-state index contributed by atoms with van der Waals surface area (Å²) >= 11 is 12.9. The van der Waals surface area contributed by atoms with E-state index in [1.807, 2.05) is 41.4 Å².